The summed E-state index contributed by atoms with van der Waals surface area (Å²) in [5, 5.41) is 11.5. The molecule has 0 aliphatic carbocycles. The summed E-state index contributed by atoms with van der Waals surface area (Å²) in [5.74, 6) is 6.24. The number of nitrogens with zero attached hydrogens (tertiary/aromatic N) is 6. The molecule has 0 spiro atoms. The number of fused-ring (bicyclic) bond motifs is 2. The van der Waals surface area contributed by atoms with Gasteiger partial charge in [-0.2, -0.15) is 5.10 Å². The average molecular weight is 507 g/mol. The first kappa shape index (κ1) is 22.6. The molecule has 0 radical (unpaired) electrons. The average Bonchev–Trinajstić information content (AvgIpc) is 3.64. The molecule has 37 heavy (non-hydrogen) atoms. The Kier molecular flexibility index (Phi) is 5.47. The van der Waals surface area contributed by atoms with Crippen molar-refractivity contribution < 1.29 is 4.79 Å². The number of anilines is 1. The van der Waals surface area contributed by atoms with E-state index in [0.29, 0.717) is 11.1 Å². The van der Waals surface area contributed by atoms with Crippen LogP contribution < -0.4 is 11.1 Å². The van der Waals surface area contributed by atoms with Crippen LogP contribution in [0.25, 0.3) is 21.7 Å². The van der Waals surface area contributed by atoms with Gasteiger partial charge < -0.3 is 11.1 Å². The first-order valence-electron chi connectivity index (χ1n) is 11.6. The first-order chi connectivity index (χ1) is 18.0. The summed E-state index contributed by atoms with van der Waals surface area (Å²) in [6.45, 7) is 1.92. The summed E-state index contributed by atoms with van der Waals surface area (Å²) in [4.78, 5) is 19.9. The molecule has 1 atom stereocenters. The number of hydrogen-bond acceptors (Lipinski definition) is 6. The number of carbonyl (C=O) groups is 1. The second-order valence-corrected chi connectivity index (χ2v) is 9.61. The van der Waals surface area contributed by atoms with E-state index in [0.717, 1.165) is 32.4 Å². The number of nitrogen functional groups attached to an aromatic ring is 1. The molecule has 10 heteroatoms. The van der Waals surface area contributed by atoms with Crippen LogP contribution in [0.4, 0.5) is 5.82 Å². The molecule has 0 fully saturated rings. The Bertz CT molecular complexity index is 1830. The first-order valence-corrected chi connectivity index (χ1v) is 12.4. The number of carbonyl (C=O) groups excluding carboxylic acids is 1. The molecule has 0 saturated heterocycles. The van der Waals surface area contributed by atoms with E-state index in [9.17, 15) is 4.79 Å². The zero-order valence-electron chi connectivity index (χ0n) is 20.1. The van der Waals surface area contributed by atoms with Gasteiger partial charge in [0.15, 0.2) is 10.8 Å². The number of amides is 1. The van der Waals surface area contributed by atoms with E-state index in [1.54, 1.807) is 21.6 Å². The minimum atomic E-state index is -0.391. The largest absolute Gasteiger partial charge is 0.382 e. The van der Waals surface area contributed by atoms with Crippen molar-refractivity contribution in [2.45, 2.75) is 13.0 Å². The maximum atomic E-state index is 13.3. The molecule has 1 aromatic carbocycles. The normalized spacial score (nSPS) is 11.9. The molecule has 1 unspecified atom stereocenters. The molecule has 3 N–H and O–H groups in total. The van der Waals surface area contributed by atoms with Crippen LogP contribution in [-0.4, -0.2) is 34.7 Å². The van der Waals surface area contributed by atoms with Crippen molar-refractivity contribution in [3.05, 3.63) is 95.0 Å². The third kappa shape index (κ3) is 4.11. The lowest BCUT2D eigenvalue weighted by molar-refractivity contribution is 0.0942. The molecule has 5 heterocycles. The maximum Gasteiger partial charge on any atom is 0.257 e. The molecule has 1 amide bonds. The number of nitrogens with one attached hydrogen (secondary N) is 1. The number of rotatable bonds is 4. The Morgan fingerprint density at radius 2 is 1.92 bits per heavy atom. The van der Waals surface area contributed by atoms with Gasteiger partial charge in [0, 0.05) is 31.2 Å². The fourth-order valence-corrected chi connectivity index (χ4v) is 5.15. The molecular formula is C27H22N8OS. The summed E-state index contributed by atoms with van der Waals surface area (Å²) in [6, 6.07) is 15.1. The highest BCUT2D eigenvalue weighted by molar-refractivity contribution is 7.17. The fraction of sp³-hybridized carbons (Fsp3) is 0.111. The molecule has 0 aliphatic heterocycles. The number of imidazole rings is 1. The van der Waals surface area contributed by atoms with Crippen molar-refractivity contribution in [3.8, 4) is 23.1 Å². The highest BCUT2D eigenvalue weighted by Gasteiger charge is 2.25. The van der Waals surface area contributed by atoms with Crippen molar-refractivity contribution in [3.63, 3.8) is 0 Å². The van der Waals surface area contributed by atoms with E-state index >= 15 is 0 Å². The molecule has 0 aliphatic rings. The number of thiazole rings is 1. The number of aryl methyl sites for hydroxylation is 1. The summed E-state index contributed by atoms with van der Waals surface area (Å²) in [6.07, 6.45) is 7.36. The Morgan fingerprint density at radius 3 is 2.70 bits per heavy atom. The summed E-state index contributed by atoms with van der Waals surface area (Å²) >= 11 is 1.50. The summed E-state index contributed by atoms with van der Waals surface area (Å²) in [7, 11) is 1.86. The molecule has 5 aromatic heterocycles. The van der Waals surface area contributed by atoms with Crippen LogP contribution in [0.5, 0.6) is 0 Å². The second kappa shape index (κ2) is 8.96. The van der Waals surface area contributed by atoms with Crippen molar-refractivity contribution in [1.82, 2.24) is 34.1 Å². The molecule has 6 rings (SSSR count). The smallest absolute Gasteiger partial charge is 0.257 e. The zero-order valence-corrected chi connectivity index (χ0v) is 20.9. The Balaban J connectivity index is 1.38. The van der Waals surface area contributed by atoms with E-state index in [4.69, 9.17) is 10.7 Å². The van der Waals surface area contributed by atoms with Crippen molar-refractivity contribution >= 4 is 33.5 Å². The molecule has 0 saturated carbocycles. The van der Waals surface area contributed by atoms with E-state index in [1.165, 1.54) is 11.3 Å². The molecule has 9 nitrogen and oxygen atoms in total. The molecule has 6 aromatic rings. The van der Waals surface area contributed by atoms with Gasteiger partial charge in [0.25, 0.3) is 5.91 Å². The summed E-state index contributed by atoms with van der Waals surface area (Å²) < 4.78 is 5.36. The van der Waals surface area contributed by atoms with Gasteiger partial charge in [-0.3, -0.25) is 13.9 Å². The standard InChI is InChI=1S/C27H22N8OS/c1-17(30-26(36)22-21-10-6-7-13-35(21)32-25(22)28)23-24(19-8-4-3-5-9-19)34-16-20(37-27(34)31-23)12-11-18-14-29-33(2)15-18/h3-10,13-17H,1-2H3,(H2,28,32)(H,30,36). The van der Waals surface area contributed by atoms with E-state index < -0.39 is 6.04 Å². The number of nitrogens with two attached hydrogens (primary N) is 1. The van der Waals surface area contributed by atoms with E-state index in [1.807, 2.05) is 79.3 Å². The van der Waals surface area contributed by atoms with Crippen LogP contribution in [-0.2, 0) is 7.05 Å². The number of benzene rings is 1. The van der Waals surface area contributed by atoms with Crippen LogP contribution in [0.3, 0.4) is 0 Å². The Labute approximate surface area is 216 Å². The minimum Gasteiger partial charge on any atom is -0.382 e. The van der Waals surface area contributed by atoms with Gasteiger partial charge in [-0.15, -0.1) is 5.10 Å². The van der Waals surface area contributed by atoms with Crippen LogP contribution in [0.1, 0.15) is 39.5 Å². The Morgan fingerprint density at radius 1 is 1.11 bits per heavy atom. The second-order valence-electron chi connectivity index (χ2n) is 8.60. The van der Waals surface area contributed by atoms with Gasteiger partial charge >= 0.3 is 0 Å². The predicted molar refractivity (Wildman–Crippen MR) is 143 cm³/mol. The summed E-state index contributed by atoms with van der Waals surface area (Å²) in [5.41, 5.74) is 10.6. The fourth-order valence-electron chi connectivity index (χ4n) is 4.31. The van der Waals surface area contributed by atoms with Crippen LogP contribution >= 0.6 is 11.3 Å². The highest BCUT2D eigenvalue weighted by atomic mass is 32.1. The third-order valence-corrected chi connectivity index (χ3v) is 6.89. The molecule has 0 bridgehead atoms. The molecule has 182 valence electrons. The maximum absolute atomic E-state index is 13.3. The van der Waals surface area contributed by atoms with Gasteiger partial charge in [-0.05, 0) is 25.0 Å². The lowest BCUT2D eigenvalue weighted by atomic mass is 10.1. The zero-order chi connectivity index (χ0) is 25.5. The SMILES string of the molecule is CC(NC(=O)c1c(N)nn2ccccc12)c1nc2sc(C#Cc3cnn(C)c3)cn2c1-c1ccccc1. The lowest BCUT2D eigenvalue weighted by Crippen LogP contribution is -2.27. The lowest BCUT2D eigenvalue weighted by Gasteiger charge is -2.14. The topological polar surface area (TPSA) is 108 Å². The van der Waals surface area contributed by atoms with Crippen molar-refractivity contribution in [2.24, 2.45) is 7.05 Å². The monoisotopic (exact) mass is 506 g/mol. The Hall–Kier alpha value is -4.88. The van der Waals surface area contributed by atoms with E-state index in [2.05, 4.69) is 27.4 Å². The van der Waals surface area contributed by atoms with Gasteiger partial charge in [0.2, 0.25) is 0 Å². The third-order valence-electron chi connectivity index (χ3n) is 5.99. The molecular weight excluding hydrogens is 484 g/mol. The van der Waals surface area contributed by atoms with Gasteiger partial charge in [-0.25, -0.2) is 9.50 Å². The van der Waals surface area contributed by atoms with Crippen molar-refractivity contribution in [2.75, 3.05) is 5.73 Å². The number of hydrogen-bond donors (Lipinski definition) is 2. The highest BCUT2D eigenvalue weighted by Crippen LogP contribution is 2.33. The quantitative estimate of drug-likeness (QED) is 0.353. The van der Waals surface area contributed by atoms with Crippen LogP contribution in [0.15, 0.2) is 73.3 Å². The van der Waals surface area contributed by atoms with Gasteiger partial charge in [-0.1, -0.05) is 53.7 Å². The van der Waals surface area contributed by atoms with Crippen molar-refractivity contribution in [1.29, 1.82) is 0 Å². The van der Waals surface area contributed by atoms with Crippen LogP contribution in [0.2, 0.25) is 0 Å². The van der Waals surface area contributed by atoms with Gasteiger partial charge in [0.1, 0.15) is 5.56 Å². The van der Waals surface area contributed by atoms with E-state index in [-0.39, 0.29) is 11.7 Å². The number of pyridine rings is 1. The number of aromatic nitrogens is 6. The van der Waals surface area contributed by atoms with Gasteiger partial charge in [0.05, 0.1) is 39.6 Å². The van der Waals surface area contributed by atoms with Crippen LogP contribution in [0, 0.1) is 11.8 Å². The predicted octanol–water partition coefficient (Wildman–Crippen LogP) is 3.92. The minimum absolute atomic E-state index is 0.182.